The van der Waals surface area contributed by atoms with Crippen molar-refractivity contribution >= 4 is 42.5 Å². The second-order valence-electron chi connectivity index (χ2n) is 6.39. The molecule has 1 aliphatic heterocycles. The molecule has 22 heavy (non-hydrogen) atoms. The third-order valence-corrected chi connectivity index (χ3v) is 3.66. The number of nitrogens with zero attached hydrogens (tertiary/aromatic N) is 2. The summed E-state index contributed by atoms with van der Waals surface area (Å²) >= 11 is -1.06. The van der Waals surface area contributed by atoms with E-state index in [1.54, 1.807) is 45.6 Å². The van der Waals surface area contributed by atoms with Gasteiger partial charge >= 0.3 is 12.2 Å². The number of aliphatic imine (C=N–C) groups is 1. The maximum absolute atomic E-state index is 14.0. The molecule has 0 N–H and O–H groups in total. The van der Waals surface area contributed by atoms with Crippen LogP contribution in [0.3, 0.4) is 0 Å². The number of amidine groups is 1. The first-order chi connectivity index (χ1) is 9.91. The molecule has 0 saturated carbocycles. The Hall–Kier alpha value is -1.32. The standard InChI is InChI=1S/C14H20FIN2O4/c1-13(2,3)21-11(19)18(12(20)22-14(4,5)6)10-9(15)16-7-8-17-10/h7-8H,1-6H3. The summed E-state index contributed by atoms with van der Waals surface area (Å²) in [6.45, 7) is 9.88. The maximum atomic E-state index is 14.0. The second-order valence-corrected chi connectivity index (χ2v) is 8.68. The molecule has 1 heterocycles. The van der Waals surface area contributed by atoms with Crippen molar-refractivity contribution in [3.05, 3.63) is 10.3 Å². The Morgan fingerprint density at radius 2 is 1.55 bits per heavy atom. The summed E-state index contributed by atoms with van der Waals surface area (Å²) in [5.74, 6) is -0.362. The highest BCUT2D eigenvalue weighted by Crippen LogP contribution is 2.19. The lowest BCUT2D eigenvalue weighted by Crippen LogP contribution is -2.48. The van der Waals surface area contributed by atoms with Gasteiger partial charge in [-0.25, -0.2) is 14.6 Å². The van der Waals surface area contributed by atoms with E-state index < -0.39 is 47.9 Å². The first-order valence-corrected chi connectivity index (χ1v) is 8.88. The summed E-state index contributed by atoms with van der Waals surface area (Å²) in [4.78, 5) is 28.8. The Morgan fingerprint density at radius 3 is 1.91 bits per heavy atom. The molecule has 0 spiro atoms. The largest absolute Gasteiger partial charge is 0.443 e. The summed E-state index contributed by atoms with van der Waals surface area (Å²) in [6, 6.07) is 0. The molecule has 0 saturated heterocycles. The minimum absolute atomic E-state index is 0.362. The minimum atomic E-state index is -1.06. The number of hydrogen-bond donors (Lipinski definition) is 0. The van der Waals surface area contributed by atoms with Crippen molar-refractivity contribution in [2.45, 2.75) is 52.7 Å². The molecule has 0 atom stereocenters. The van der Waals surface area contributed by atoms with Crippen LogP contribution in [0.4, 0.5) is 14.0 Å². The quantitative estimate of drug-likeness (QED) is 0.547. The molecular formula is C14H20FIN2O4. The number of rotatable bonds is 0. The van der Waals surface area contributed by atoms with Crippen molar-refractivity contribution in [3.63, 3.8) is 0 Å². The molecule has 0 radical (unpaired) electrons. The van der Waals surface area contributed by atoms with E-state index in [0.717, 1.165) is 0 Å². The summed E-state index contributed by atoms with van der Waals surface area (Å²) in [6.07, 6.45) is -0.669. The van der Waals surface area contributed by atoms with Crippen molar-refractivity contribution < 1.29 is 23.5 Å². The fraction of sp³-hybridized carbons (Fsp3) is 0.571. The van der Waals surface area contributed by atoms with Crippen LogP contribution in [0.2, 0.25) is 0 Å². The average molecular weight is 426 g/mol. The summed E-state index contributed by atoms with van der Waals surface area (Å²) in [5, 5.41) is 0. The molecule has 124 valence electrons. The zero-order valence-electron chi connectivity index (χ0n) is 13.4. The Balaban J connectivity index is 3.14. The van der Waals surface area contributed by atoms with Gasteiger partial charge in [0.2, 0.25) is 0 Å². The molecule has 0 aromatic rings. The molecular weight excluding hydrogens is 406 g/mol. The molecule has 1 aliphatic rings. The van der Waals surface area contributed by atoms with Gasteiger partial charge in [0, 0.05) is 6.20 Å². The van der Waals surface area contributed by atoms with Crippen molar-refractivity contribution in [1.82, 2.24) is 4.90 Å². The van der Waals surface area contributed by atoms with Crippen LogP contribution >= 0.6 is 20.7 Å². The zero-order chi connectivity index (χ0) is 17.1. The summed E-state index contributed by atoms with van der Waals surface area (Å²) in [5.41, 5.74) is -1.68. The van der Waals surface area contributed by atoms with Crippen molar-refractivity contribution in [3.8, 4) is 0 Å². The molecule has 0 aliphatic carbocycles. The van der Waals surface area contributed by atoms with E-state index in [-0.39, 0.29) is 5.84 Å². The monoisotopic (exact) mass is 426 g/mol. The minimum Gasteiger partial charge on any atom is -0.443 e. The molecule has 0 bridgehead atoms. The first-order valence-electron chi connectivity index (χ1n) is 6.56. The highest BCUT2D eigenvalue weighted by molar-refractivity contribution is 14.2. The van der Waals surface area contributed by atoms with E-state index in [1.807, 2.05) is 0 Å². The van der Waals surface area contributed by atoms with Gasteiger partial charge in [0.1, 0.15) is 11.2 Å². The fourth-order valence-electron chi connectivity index (χ4n) is 1.28. The third kappa shape index (κ3) is 5.82. The van der Waals surface area contributed by atoms with Gasteiger partial charge in [-0.2, -0.15) is 9.29 Å². The van der Waals surface area contributed by atoms with Crippen LogP contribution in [-0.4, -0.2) is 37.9 Å². The van der Waals surface area contributed by atoms with Crippen LogP contribution in [0.5, 0.6) is 0 Å². The van der Waals surface area contributed by atoms with Gasteiger partial charge in [-0.3, -0.25) is 0 Å². The second kappa shape index (κ2) is 6.84. The number of amides is 2. The summed E-state index contributed by atoms with van der Waals surface area (Å²) < 4.78 is 25.3. The number of imide groups is 1. The van der Waals surface area contributed by atoms with E-state index in [4.69, 9.17) is 9.47 Å². The molecule has 1 rings (SSSR count). The van der Waals surface area contributed by atoms with Gasteiger partial charge in [-0.05, 0) is 66.4 Å². The van der Waals surface area contributed by atoms with Crippen molar-refractivity contribution in [2.24, 2.45) is 4.99 Å². The van der Waals surface area contributed by atoms with Gasteiger partial charge in [-0.1, -0.05) is 0 Å². The topological polar surface area (TPSA) is 68.2 Å². The molecule has 0 fully saturated rings. The molecule has 6 nitrogen and oxygen atoms in total. The Labute approximate surface area is 139 Å². The van der Waals surface area contributed by atoms with Gasteiger partial charge in [-0.15, -0.1) is 0 Å². The Bertz CT molecular complexity index is 528. The SMILES string of the molecule is CC(C)(C)OC(=O)N(C(=O)OC(C)(C)C)C1=NC=CI=C1F. The fourth-order valence-corrected chi connectivity index (χ4v) is 2.58. The van der Waals surface area contributed by atoms with E-state index in [0.29, 0.717) is 4.90 Å². The smallest absolute Gasteiger partial charge is 0.425 e. The predicted octanol–water partition coefficient (Wildman–Crippen LogP) is 4.11. The summed E-state index contributed by atoms with van der Waals surface area (Å²) in [7, 11) is 0. The number of ether oxygens (including phenoxy) is 2. The average Bonchev–Trinajstić information content (AvgIpc) is 2.27. The molecule has 0 aromatic carbocycles. The van der Waals surface area contributed by atoms with E-state index in [9.17, 15) is 14.0 Å². The van der Waals surface area contributed by atoms with E-state index in [2.05, 4.69) is 4.99 Å². The number of halogens is 2. The maximum Gasteiger partial charge on any atom is 0.425 e. The highest BCUT2D eigenvalue weighted by atomic mass is 127. The molecule has 0 unspecified atom stereocenters. The number of carbonyl (C=O) groups excluding carboxylic acids is 2. The van der Waals surface area contributed by atoms with Gasteiger partial charge < -0.3 is 9.47 Å². The highest BCUT2D eigenvalue weighted by Gasteiger charge is 2.37. The number of carbonyl (C=O) groups is 2. The van der Waals surface area contributed by atoms with Gasteiger partial charge in [0.25, 0.3) is 0 Å². The number of hydrogen-bond acceptors (Lipinski definition) is 5. The molecule has 8 heteroatoms. The van der Waals surface area contributed by atoms with Crippen LogP contribution in [-0.2, 0) is 9.47 Å². The van der Waals surface area contributed by atoms with Crippen LogP contribution in [0.15, 0.2) is 15.3 Å². The zero-order valence-corrected chi connectivity index (χ0v) is 15.6. The van der Waals surface area contributed by atoms with E-state index >= 15 is 0 Å². The lowest BCUT2D eigenvalue weighted by Gasteiger charge is -2.28. The van der Waals surface area contributed by atoms with Crippen molar-refractivity contribution in [2.75, 3.05) is 0 Å². The van der Waals surface area contributed by atoms with Gasteiger partial charge in [0.15, 0.2) is 9.60 Å². The first kappa shape index (κ1) is 18.7. The van der Waals surface area contributed by atoms with Gasteiger partial charge in [0.05, 0.1) is 0 Å². The van der Waals surface area contributed by atoms with Crippen LogP contribution in [0.25, 0.3) is 0 Å². The molecule has 2 amide bonds. The molecule has 0 aromatic heterocycles. The van der Waals surface area contributed by atoms with Crippen LogP contribution in [0, 0.1) is 0 Å². The van der Waals surface area contributed by atoms with Crippen LogP contribution in [0.1, 0.15) is 41.5 Å². The van der Waals surface area contributed by atoms with Crippen molar-refractivity contribution in [1.29, 1.82) is 0 Å². The van der Waals surface area contributed by atoms with E-state index in [1.165, 1.54) is 6.20 Å². The Kier molecular flexibility index (Phi) is 5.82. The Morgan fingerprint density at radius 1 is 1.09 bits per heavy atom. The third-order valence-electron chi connectivity index (χ3n) is 1.94. The lowest BCUT2D eigenvalue weighted by molar-refractivity contribution is 0.0150. The predicted molar refractivity (Wildman–Crippen MR) is 91.0 cm³/mol. The normalized spacial score (nSPS) is 15.2. The lowest BCUT2D eigenvalue weighted by atomic mass is 10.2. The van der Waals surface area contributed by atoms with Crippen LogP contribution < -0.4 is 0 Å².